The molecule has 0 bridgehead atoms. The van der Waals surface area contributed by atoms with Gasteiger partial charge in [-0.05, 0) is 29.4 Å². The van der Waals surface area contributed by atoms with Crippen molar-refractivity contribution in [1.29, 1.82) is 0 Å². The van der Waals surface area contributed by atoms with Crippen LogP contribution in [0.2, 0.25) is 0 Å². The van der Waals surface area contributed by atoms with Crippen LogP contribution in [0.3, 0.4) is 0 Å². The minimum absolute atomic E-state index is 0.123. The Hall–Kier alpha value is -1.29. The topological polar surface area (TPSA) is 58.3 Å². The summed E-state index contributed by atoms with van der Waals surface area (Å²) in [4.78, 5) is 0. The molecule has 0 atom stereocenters. The van der Waals surface area contributed by atoms with Gasteiger partial charge in [-0.2, -0.15) is 0 Å². The van der Waals surface area contributed by atoms with Crippen LogP contribution in [-0.2, 0) is 0 Å². The molecule has 1 aromatic rings. The first-order chi connectivity index (χ1) is 7.98. The van der Waals surface area contributed by atoms with Gasteiger partial charge in [0.2, 0.25) is 0 Å². The molecule has 0 spiro atoms. The number of hydrogen-bond acceptors (Lipinski definition) is 4. The van der Waals surface area contributed by atoms with Gasteiger partial charge in [-0.3, -0.25) is 0 Å². The lowest BCUT2D eigenvalue weighted by Gasteiger charge is -2.29. The zero-order chi connectivity index (χ0) is 12.5. The van der Waals surface area contributed by atoms with E-state index in [-0.39, 0.29) is 5.75 Å². The predicted molar refractivity (Wildman–Crippen MR) is 75.1 cm³/mol. The number of aromatic hydroxyl groups is 1. The molecule has 1 aliphatic heterocycles. The Kier molecular flexibility index (Phi) is 3.24. The fourth-order valence-corrected chi connectivity index (χ4v) is 2.86. The lowest BCUT2D eigenvalue weighted by atomic mass is 9.90. The van der Waals surface area contributed by atoms with Gasteiger partial charge in [-0.15, -0.1) is 11.8 Å². The van der Waals surface area contributed by atoms with Gasteiger partial charge in [0.15, 0.2) is 0 Å². The number of para-hydroxylation sites is 1. The number of anilines is 2. The van der Waals surface area contributed by atoms with Gasteiger partial charge in [-0.25, -0.2) is 0 Å². The van der Waals surface area contributed by atoms with Crippen molar-refractivity contribution >= 4 is 23.1 Å². The van der Waals surface area contributed by atoms with E-state index in [4.69, 9.17) is 5.73 Å². The SMILES string of the molecule is CC1(C)CSC=C(Nc2cccc(O)c2N)C1. The van der Waals surface area contributed by atoms with E-state index in [1.54, 1.807) is 12.1 Å². The van der Waals surface area contributed by atoms with Crippen LogP contribution < -0.4 is 11.1 Å². The number of allylic oxidation sites excluding steroid dienone is 1. The van der Waals surface area contributed by atoms with E-state index in [0.29, 0.717) is 11.1 Å². The van der Waals surface area contributed by atoms with Gasteiger partial charge in [0.25, 0.3) is 0 Å². The van der Waals surface area contributed by atoms with Crippen LogP contribution in [0.1, 0.15) is 20.3 Å². The maximum absolute atomic E-state index is 9.54. The molecule has 0 saturated carbocycles. The molecule has 0 aliphatic carbocycles. The van der Waals surface area contributed by atoms with Gasteiger partial charge >= 0.3 is 0 Å². The normalized spacial score (nSPS) is 18.6. The number of thioether (sulfide) groups is 1. The summed E-state index contributed by atoms with van der Waals surface area (Å²) in [5, 5.41) is 15.0. The second-order valence-electron chi connectivity index (χ2n) is 5.16. The van der Waals surface area contributed by atoms with Crippen LogP contribution in [0.25, 0.3) is 0 Å². The van der Waals surface area contributed by atoms with E-state index in [2.05, 4.69) is 24.6 Å². The molecule has 0 fully saturated rings. The van der Waals surface area contributed by atoms with Crippen molar-refractivity contribution < 1.29 is 5.11 Å². The van der Waals surface area contributed by atoms with Crippen LogP contribution in [-0.4, -0.2) is 10.9 Å². The first kappa shape index (κ1) is 12.2. The summed E-state index contributed by atoms with van der Waals surface area (Å²) in [7, 11) is 0. The van der Waals surface area contributed by atoms with Crippen molar-refractivity contribution in [3.8, 4) is 5.75 Å². The minimum atomic E-state index is 0.123. The average molecular weight is 250 g/mol. The van der Waals surface area contributed by atoms with Crippen molar-refractivity contribution in [1.82, 2.24) is 0 Å². The summed E-state index contributed by atoms with van der Waals surface area (Å²) >= 11 is 1.81. The number of nitrogens with two attached hydrogens (primary N) is 1. The van der Waals surface area contributed by atoms with Gasteiger partial charge in [-0.1, -0.05) is 19.9 Å². The Morgan fingerprint density at radius 1 is 1.41 bits per heavy atom. The second-order valence-corrected chi connectivity index (χ2v) is 6.02. The Morgan fingerprint density at radius 2 is 2.18 bits per heavy atom. The largest absolute Gasteiger partial charge is 0.506 e. The molecule has 0 radical (unpaired) electrons. The van der Waals surface area contributed by atoms with E-state index in [9.17, 15) is 5.11 Å². The predicted octanol–water partition coefficient (Wildman–Crippen LogP) is 3.39. The lowest BCUT2D eigenvalue weighted by molar-refractivity contribution is 0.418. The van der Waals surface area contributed by atoms with Gasteiger partial charge in [0.05, 0.1) is 11.4 Å². The van der Waals surface area contributed by atoms with Crippen LogP contribution in [0.4, 0.5) is 11.4 Å². The summed E-state index contributed by atoms with van der Waals surface area (Å²) in [6.07, 6.45) is 0.995. The first-order valence-electron chi connectivity index (χ1n) is 5.63. The molecule has 92 valence electrons. The summed E-state index contributed by atoms with van der Waals surface area (Å²) in [6.45, 7) is 4.50. The average Bonchev–Trinajstić information content (AvgIpc) is 2.23. The van der Waals surface area contributed by atoms with Crippen molar-refractivity contribution in [2.24, 2.45) is 5.41 Å². The molecule has 1 aromatic carbocycles. The standard InChI is InChI=1S/C13H18N2OS/c1-13(2)6-9(7-17-8-13)15-10-4-3-5-11(16)12(10)14/h3-5,7,15-16H,6,8,14H2,1-2H3. The van der Waals surface area contributed by atoms with Crippen LogP contribution in [0.15, 0.2) is 29.3 Å². The smallest absolute Gasteiger partial charge is 0.140 e. The lowest BCUT2D eigenvalue weighted by Crippen LogP contribution is -2.21. The highest BCUT2D eigenvalue weighted by Gasteiger charge is 2.23. The van der Waals surface area contributed by atoms with Gasteiger partial charge < -0.3 is 16.2 Å². The highest BCUT2D eigenvalue weighted by atomic mass is 32.2. The fraction of sp³-hybridized carbons (Fsp3) is 0.385. The highest BCUT2D eigenvalue weighted by molar-refractivity contribution is 8.02. The summed E-state index contributed by atoms with van der Waals surface area (Å²) < 4.78 is 0. The third kappa shape index (κ3) is 2.88. The zero-order valence-electron chi connectivity index (χ0n) is 10.2. The minimum Gasteiger partial charge on any atom is -0.506 e. The Bertz CT molecular complexity index is 455. The number of phenols is 1. The molecular weight excluding hydrogens is 232 g/mol. The summed E-state index contributed by atoms with van der Waals surface area (Å²) in [6, 6.07) is 5.26. The molecule has 2 rings (SSSR count). The molecule has 0 aromatic heterocycles. The van der Waals surface area contributed by atoms with Crippen LogP contribution in [0, 0.1) is 5.41 Å². The van der Waals surface area contributed by atoms with Gasteiger partial charge in [0.1, 0.15) is 5.75 Å². The van der Waals surface area contributed by atoms with Crippen molar-refractivity contribution in [3.05, 3.63) is 29.3 Å². The monoisotopic (exact) mass is 250 g/mol. The highest BCUT2D eigenvalue weighted by Crippen LogP contribution is 2.37. The van der Waals surface area contributed by atoms with E-state index < -0.39 is 0 Å². The number of nitrogen functional groups attached to an aromatic ring is 1. The number of phenolic OH excluding ortho intramolecular Hbond substituents is 1. The van der Waals surface area contributed by atoms with E-state index in [0.717, 1.165) is 23.6 Å². The third-order valence-corrected chi connectivity index (χ3v) is 4.15. The van der Waals surface area contributed by atoms with Crippen molar-refractivity contribution in [2.45, 2.75) is 20.3 Å². The number of rotatable bonds is 2. The van der Waals surface area contributed by atoms with E-state index in [1.807, 2.05) is 17.8 Å². The molecule has 1 heterocycles. The Labute approximate surface area is 106 Å². The molecule has 0 unspecified atom stereocenters. The maximum atomic E-state index is 9.54. The summed E-state index contributed by atoms with van der Waals surface area (Å²) in [5.74, 6) is 1.26. The van der Waals surface area contributed by atoms with Crippen molar-refractivity contribution in [2.75, 3.05) is 16.8 Å². The number of nitrogens with one attached hydrogen (secondary N) is 1. The van der Waals surface area contributed by atoms with Crippen molar-refractivity contribution in [3.63, 3.8) is 0 Å². The molecular formula is C13H18N2OS. The van der Waals surface area contributed by atoms with Gasteiger partial charge in [0, 0.05) is 11.4 Å². The maximum Gasteiger partial charge on any atom is 0.140 e. The third-order valence-electron chi connectivity index (χ3n) is 2.75. The Morgan fingerprint density at radius 3 is 2.88 bits per heavy atom. The molecule has 4 N–H and O–H groups in total. The Balaban J connectivity index is 2.16. The molecule has 1 aliphatic rings. The van der Waals surface area contributed by atoms with E-state index >= 15 is 0 Å². The molecule has 17 heavy (non-hydrogen) atoms. The molecule has 4 heteroatoms. The second kappa shape index (κ2) is 4.53. The fourth-order valence-electron chi connectivity index (χ4n) is 1.88. The zero-order valence-corrected chi connectivity index (χ0v) is 11.0. The molecule has 3 nitrogen and oxygen atoms in total. The number of benzene rings is 1. The number of hydrogen-bond donors (Lipinski definition) is 3. The van der Waals surface area contributed by atoms with Crippen LogP contribution in [0.5, 0.6) is 5.75 Å². The molecule has 0 amide bonds. The summed E-state index contributed by atoms with van der Waals surface area (Å²) in [5.41, 5.74) is 8.45. The van der Waals surface area contributed by atoms with Crippen LogP contribution >= 0.6 is 11.8 Å². The quantitative estimate of drug-likeness (QED) is 0.556. The van der Waals surface area contributed by atoms with E-state index in [1.165, 1.54) is 0 Å². The first-order valence-corrected chi connectivity index (χ1v) is 6.68. The molecule has 0 saturated heterocycles.